The maximum atomic E-state index is 5.48. The number of thioether (sulfide) groups is 1. The Balaban J connectivity index is 2.80. The Morgan fingerprint density at radius 2 is 2.06 bits per heavy atom. The SMILES string of the molecule is C=CCSC(=S)N(CC(C)C)c1ccccc1. The minimum atomic E-state index is 0.581. The summed E-state index contributed by atoms with van der Waals surface area (Å²) in [7, 11) is 0. The third-order valence-corrected chi connectivity index (χ3v) is 3.60. The number of para-hydroxylation sites is 1. The van der Waals surface area contributed by atoms with Gasteiger partial charge in [0.05, 0.1) is 0 Å². The third kappa shape index (κ3) is 4.92. The molecule has 1 aromatic carbocycles. The van der Waals surface area contributed by atoms with Crippen LogP contribution >= 0.6 is 24.0 Å². The molecule has 17 heavy (non-hydrogen) atoms. The summed E-state index contributed by atoms with van der Waals surface area (Å²) in [4.78, 5) is 2.20. The first-order chi connectivity index (χ1) is 8.15. The standard InChI is InChI=1S/C14H19NS2/c1-4-10-17-14(16)15(11-12(2)3)13-8-6-5-7-9-13/h4-9,12H,1,10-11H2,2-3H3. The lowest BCUT2D eigenvalue weighted by atomic mass is 10.2. The molecule has 0 spiro atoms. The van der Waals surface area contributed by atoms with Gasteiger partial charge in [0.2, 0.25) is 0 Å². The zero-order valence-electron chi connectivity index (χ0n) is 10.4. The normalized spacial score (nSPS) is 10.3. The van der Waals surface area contributed by atoms with Crippen molar-refractivity contribution in [3.63, 3.8) is 0 Å². The Hall–Kier alpha value is -0.800. The molecule has 92 valence electrons. The van der Waals surface area contributed by atoms with Gasteiger partial charge in [0.1, 0.15) is 4.32 Å². The van der Waals surface area contributed by atoms with Crippen LogP contribution in [-0.2, 0) is 0 Å². The van der Waals surface area contributed by atoms with Crippen LogP contribution in [0.3, 0.4) is 0 Å². The highest BCUT2D eigenvalue weighted by Gasteiger charge is 2.13. The summed E-state index contributed by atoms with van der Waals surface area (Å²) in [6.07, 6.45) is 1.88. The summed E-state index contributed by atoms with van der Waals surface area (Å²) in [5.74, 6) is 1.44. The van der Waals surface area contributed by atoms with E-state index in [1.54, 1.807) is 11.8 Å². The molecule has 0 saturated carbocycles. The zero-order valence-corrected chi connectivity index (χ0v) is 12.1. The van der Waals surface area contributed by atoms with Crippen molar-refractivity contribution in [1.29, 1.82) is 0 Å². The first kappa shape index (κ1) is 14.3. The van der Waals surface area contributed by atoms with Gasteiger partial charge in [-0.1, -0.05) is 62.1 Å². The third-order valence-electron chi connectivity index (χ3n) is 2.16. The van der Waals surface area contributed by atoms with Crippen molar-refractivity contribution in [3.8, 4) is 0 Å². The van der Waals surface area contributed by atoms with Gasteiger partial charge in [-0.05, 0) is 18.1 Å². The van der Waals surface area contributed by atoms with Crippen LogP contribution in [0.15, 0.2) is 43.0 Å². The summed E-state index contributed by atoms with van der Waals surface area (Å²) in [5.41, 5.74) is 1.17. The lowest BCUT2D eigenvalue weighted by Gasteiger charge is -2.26. The lowest BCUT2D eigenvalue weighted by molar-refractivity contribution is 0.661. The Labute approximate surface area is 114 Å². The molecule has 0 saturated heterocycles. The largest absolute Gasteiger partial charge is 0.327 e. The molecular weight excluding hydrogens is 246 g/mol. The molecule has 0 amide bonds. The molecule has 0 unspecified atom stereocenters. The minimum absolute atomic E-state index is 0.581. The molecule has 0 atom stereocenters. The fourth-order valence-electron chi connectivity index (χ4n) is 1.47. The molecule has 0 N–H and O–H groups in total. The van der Waals surface area contributed by atoms with Crippen molar-refractivity contribution in [2.24, 2.45) is 5.92 Å². The Kier molecular flexibility index (Phi) is 6.30. The molecule has 1 rings (SSSR count). The first-order valence-corrected chi connectivity index (χ1v) is 7.14. The highest BCUT2D eigenvalue weighted by molar-refractivity contribution is 8.23. The van der Waals surface area contributed by atoms with E-state index in [1.807, 2.05) is 24.3 Å². The Bertz CT molecular complexity index is 360. The predicted molar refractivity (Wildman–Crippen MR) is 83.9 cm³/mol. The summed E-state index contributed by atoms with van der Waals surface area (Å²) in [6, 6.07) is 10.3. The van der Waals surface area contributed by atoms with Crippen LogP contribution in [0.2, 0.25) is 0 Å². The minimum Gasteiger partial charge on any atom is -0.327 e. The van der Waals surface area contributed by atoms with E-state index < -0.39 is 0 Å². The van der Waals surface area contributed by atoms with Gasteiger partial charge in [-0.2, -0.15) is 0 Å². The predicted octanol–water partition coefficient (Wildman–Crippen LogP) is 4.35. The summed E-state index contributed by atoms with van der Waals surface area (Å²) in [5, 5.41) is 0. The molecule has 0 fully saturated rings. The number of hydrogen-bond acceptors (Lipinski definition) is 2. The van der Waals surface area contributed by atoms with Crippen LogP contribution in [-0.4, -0.2) is 16.6 Å². The molecule has 0 bridgehead atoms. The fraction of sp³-hybridized carbons (Fsp3) is 0.357. The van der Waals surface area contributed by atoms with Gasteiger partial charge >= 0.3 is 0 Å². The van der Waals surface area contributed by atoms with E-state index >= 15 is 0 Å². The molecule has 3 heteroatoms. The van der Waals surface area contributed by atoms with Crippen molar-refractivity contribution in [3.05, 3.63) is 43.0 Å². The highest BCUT2D eigenvalue weighted by atomic mass is 32.2. The second kappa shape index (κ2) is 7.51. The van der Waals surface area contributed by atoms with Crippen molar-refractivity contribution < 1.29 is 0 Å². The van der Waals surface area contributed by atoms with Gasteiger partial charge in [0, 0.05) is 18.0 Å². The van der Waals surface area contributed by atoms with E-state index in [4.69, 9.17) is 12.2 Å². The van der Waals surface area contributed by atoms with Gasteiger partial charge in [-0.15, -0.1) is 6.58 Å². The molecule has 0 heterocycles. The first-order valence-electron chi connectivity index (χ1n) is 5.75. The van der Waals surface area contributed by atoms with Gasteiger partial charge < -0.3 is 4.90 Å². The number of nitrogens with zero attached hydrogens (tertiary/aromatic N) is 1. The van der Waals surface area contributed by atoms with Gasteiger partial charge in [0.15, 0.2) is 0 Å². The van der Waals surface area contributed by atoms with E-state index in [0.29, 0.717) is 5.92 Å². The molecule has 1 nitrogen and oxygen atoms in total. The lowest BCUT2D eigenvalue weighted by Crippen LogP contribution is -2.31. The molecular formula is C14H19NS2. The fourth-order valence-corrected chi connectivity index (χ4v) is 2.45. The van der Waals surface area contributed by atoms with Crippen LogP contribution in [0.5, 0.6) is 0 Å². The van der Waals surface area contributed by atoms with E-state index in [1.165, 1.54) is 5.69 Å². The molecule has 1 aromatic rings. The van der Waals surface area contributed by atoms with E-state index in [9.17, 15) is 0 Å². The number of anilines is 1. The number of rotatable bonds is 5. The maximum Gasteiger partial charge on any atom is 0.141 e. The Morgan fingerprint density at radius 1 is 1.41 bits per heavy atom. The average molecular weight is 265 g/mol. The van der Waals surface area contributed by atoms with Crippen molar-refractivity contribution in [2.75, 3.05) is 17.2 Å². The molecule has 0 aromatic heterocycles. The quantitative estimate of drug-likeness (QED) is 0.575. The topological polar surface area (TPSA) is 3.24 Å². The van der Waals surface area contributed by atoms with Crippen molar-refractivity contribution in [2.45, 2.75) is 13.8 Å². The smallest absolute Gasteiger partial charge is 0.141 e. The van der Waals surface area contributed by atoms with Gasteiger partial charge in [-0.25, -0.2) is 0 Å². The highest BCUT2D eigenvalue weighted by Crippen LogP contribution is 2.21. The molecule has 0 aliphatic carbocycles. The monoisotopic (exact) mass is 265 g/mol. The van der Waals surface area contributed by atoms with Crippen LogP contribution in [0.25, 0.3) is 0 Å². The van der Waals surface area contributed by atoms with Crippen LogP contribution in [0.1, 0.15) is 13.8 Å². The van der Waals surface area contributed by atoms with Crippen molar-refractivity contribution >= 4 is 34.0 Å². The summed E-state index contributed by atoms with van der Waals surface area (Å²) >= 11 is 7.14. The molecule has 0 radical (unpaired) electrons. The average Bonchev–Trinajstić information content (AvgIpc) is 2.34. The Morgan fingerprint density at radius 3 is 2.59 bits per heavy atom. The summed E-state index contributed by atoms with van der Waals surface area (Å²) in [6.45, 7) is 9.09. The maximum absolute atomic E-state index is 5.48. The second-order valence-corrected chi connectivity index (χ2v) is 5.86. The number of thiocarbonyl (C=S) groups is 1. The number of benzene rings is 1. The van der Waals surface area contributed by atoms with Crippen LogP contribution in [0, 0.1) is 5.92 Å². The molecule has 0 aliphatic heterocycles. The van der Waals surface area contributed by atoms with E-state index in [2.05, 4.69) is 37.5 Å². The van der Waals surface area contributed by atoms with Crippen LogP contribution < -0.4 is 4.90 Å². The van der Waals surface area contributed by atoms with Gasteiger partial charge in [0.25, 0.3) is 0 Å². The zero-order chi connectivity index (χ0) is 12.7. The van der Waals surface area contributed by atoms with E-state index in [-0.39, 0.29) is 0 Å². The van der Waals surface area contributed by atoms with Crippen molar-refractivity contribution in [1.82, 2.24) is 0 Å². The van der Waals surface area contributed by atoms with Crippen LogP contribution in [0.4, 0.5) is 5.69 Å². The summed E-state index contributed by atoms with van der Waals surface area (Å²) < 4.78 is 0.921. The van der Waals surface area contributed by atoms with E-state index in [0.717, 1.165) is 16.6 Å². The molecule has 0 aliphatic rings. The number of hydrogen-bond donors (Lipinski definition) is 0. The second-order valence-electron chi connectivity index (χ2n) is 4.21. The van der Waals surface area contributed by atoms with Gasteiger partial charge in [-0.3, -0.25) is 0 Å².